The average molecular weight is 544 g/mol. The molecule has 8 nitrogen and oxygen atoms in total. The Hall–Kier alpha value is -3.30. The second-order valence-corrected chi connectivity index (χ2v) is 9.27. The molecule has 0 unspecified atom stereocenters. The molecule has 1 aliphatic rings. The van der Waals surface area contributed by atoms with Crippen LogP contribution in [0.25, 0.3) is 0 Å². The first-order chi connectivity index (χ1) is 17.9. The number of nitrogens with two attached hydrogens (primary N) is 1. The van der Waals surface area contributed by atoms with Gasteiger partial charge < -0.3 is 30.2 Å². The van der Waals surface area contributed by atoms with Gasteiger partial charge >= 0.3 is 0 Å². The van der Waals surface area contributed by atoms with Crippen molar-refractivity contribution in [3.8, 4) is 17.2 Å². The number of amides is 2. The maximum absolute atomic E-state index is 13.2. The van der Waals surface area contributed by atoms with Crippen molar-refractivity contribution in [3.63, 3.8) is 0 Å². The van der Waals surface area contributed by atoms with Crippen molar-refractivity contribution in [1.29, 1.82) is 0 Å². The van der Waals surface area contributed by atoms with E-state index in [1.807, 2.05) is 18.2 Å². The summed E-state index contributed by atoms with van der Waals surface area (Å²) in [7, 11) is 0. The summed E-state index contributed by atoms with van der Waals surface area (Å²) in [6.07, 6.45) is 0.275. The summed E-state index contributed by atoms with van der Waals surface area (Å²) in [5, 5.41) is 3.77. The normalized spacial score (nSPS) is 15.5. The zero-order valence-electron chi connectivity index (χ0n) is 20.0. The van der Waals surface area contributed by atoms with Crippen molar-refractivity contribution in [1.82, 2.24) is 4.90 Å². The van der Waals surface area contributed by atoms with Crippen molar-refractivity contribution in [2.45, 2.75) is 12.5 Å². The number of benzene rings is 3. The third-order valence-corrected chi connectivity index (χ3v) is 6.05. The number of anilines is 1. The molecule has 37 heavy (non-hydrogen) atoms. The van der Waals surface area contributed by atoms with Crippen LogP contribution in [-0.2, 0) is 20.7 Å². The average Bonchev–Trinajstić information content (AvgIpc) is 2.87. The third-order valence-electron chi connectivity index (χ3n) is 5.58. The van der Waals surface area contributed by atoms with Crippen molar-refractivity contribution < 1.29 is 23.8 Å². The molecule has 10 heteroatoms. The molecule has 3 N–H and O–H groups in total. The summed E-state index contributed by atoms with van der Waals surface area (Å²) >= 11 is 12.3. The van der Waals surface area contributed by atoms with Crippen LogP contribution in [0.2, 0.25) is 10.0 Å². The SMILES string of the molecule is N[C@@H](Cc1cccc(Cl)c1)C(=O)N1CCOCCOc2ccccc2Oc2ccc(Cl)cc2NC(=O)C1. The van der Waals surface area contributed by atoms with Crippen molar-refractivity contribution in [2.75, 3.05) is 38.2 Å². The highest BCUT2D eigenvalue weighted by Gasteiger charge is 2.24. The molecule has 0 spiro atoms. The van der Waals surface area contributed by atoms with E-state index in [9.17, 15) is 9.59 Å². The number of ether oxygens (including phenoxy) is 3. The number of para-hydroxylation sites is 2. The lowest BCUT2D eigenvalue weighted by molar-refractivity contribution is -0.136. The number of halogens is 2. The number of rotatable bonds is 3. The van der Waals surface area contributed by atoms with Crippen LogP contribution in [0.4, 0.5) is 5.69 Å². The third kappa shape index (κ3) is 7.60. The second-order valence-electron chi connectivity index (χ2n) is 8.40. The standard InChI is InChI=1S/C27H27Cl2N3O5/c28-19-5-3-4-18(14-19)15-21(30)27(34)32-10-11-35-12-13-36-24-6-1-2-7-25(24)37-23-9-8-20(29)16-22(23)31-26(33)17-32/h1-9,14,16,21H,10-13,15,17,30H2,(H,31,33)/t21-/m0/s1. The number of carbonyl (C=O) groups excluding carboxylic acids is 2. The van der Waals surface area contributed by atoms with Gasteiger partial charge in [-0.1, -0.05) is 47.5 Å². The van der Waals surface area contributed by atoms with E-state index >= 15 is 0 Å². The smallest absolute Gasteiger partial charge is 0.244 e. The minimum absolute atomic E-state index is 0.172. The predicted octanol–water partition coefficient (Wildman–Crippen LogP) is 4.53. The Labute approximate surface area is 225 Å². The Kier molecular flexibility index (Phi) is 9.24. The van der Waals surface area contributed by atoms with Crippen molar-refractivity contribution in [3.05, 3.63) is 82.3 Å². The van der Waals surface area contributed by atoms with Gasteiger partial charge in [-0.2, -0.15) is 0 Å². The number of carbonyl (C=O) groups is 2. The molecule has 0 aliphatic carbocycles. The predicted molar refractivity (Wildman–Crippen MR) is 143 cm³/mol. The largest absolute Gasteiger partial charge is 0.487 e. The van der Waals surface area contributed by atoms with E-state index in [0.717, 1.165) is 5.56 Å². The molecule has 0 saturated carbocycles. The summed E-state index contributed by atoms with van der Waals surface area (Å²) in [6, 6.07) is 18.4. The van der Waals surface area contributed by atoms with Gasteiger partial charge in [-0.05, 0) is 54.4 Å². The van der Waals surface area contributed by atoms with E-state index in [4.69, 9.17) is 43.1 Å². The van der Waals surface area contributed by atoms with Crippen molar-refractivity contribution >= 4 is 40.7 Å². The molecule has 2 amide bonds. The molecule has 0 radical (unpaired) electrons. The fourth-order valence-electron chi connectivity index (χ4n) is 3.82. The monoisotopic (exact) mass is 543 g/mol. The summed E-state index contributed by atoms with van der Waals surface area (Å²) in [5.74, 6) is 0.551. The maximum Gasteiger partial charge on any atom is 0.244 e. The van der Waals surface area contributed by atoms with Gasteiger partial charge in [0.25, 0.3) is 0 Å². The molecule has 0 bridgehead atoms. The number of nitrogens with one attached hydrogen (secondary N) is 1. The molecule has 1 atom stereocenters. The first-order valence-corrected chi connectivity index (χ1v) is 12.5. The van der Waals surface area contributed by atoms with Crippen LogP contribution in [0.3, 0.4) is 0 Å². The first-order valence-electron chi connectivity index (χ1n) is 11.7. The van der Waals surface area contributed by atoms with E-state index in [1.165, 1.54) is 4.90 Å². The van der Waals surface area contributed by atoms with E-state index in [2.05, 4.69) is 5.32 Å². The first kappa shape index (κ1) is 26.8. The molecule has 3 aromatic rings. The van der Waals surface area contributed by atoms with E-state index in [0.29, 0.717) is 33.0 Å². The minimum atomic E-state index is -0.865. The van der Waals surface area contributed by atoms with Crippen LogP contribution >= 0.6 is 23.2 Å². The molecule has 4 rings (SSSR count). The lowest BCUT2D eigenvalue weighted by atomic mass is 10.1. The van der Waals surface area contributed by atoms with Crippen LogP contribution in [0.5, 0.6) is 17.2 Å². The molecule has 3 aromatic carbocycles. The molecular weight excluding hydrogens is 517 g/mol. The van der Waals surface area contributed by atoms with Crippen LogP contribution < -0.4 is 20.5 Å². The maximum atomic E-state index is 13.2. The highest BCUT2D eigenvalue weighted by molar-refractivity contribution is 6.31. The summed E-state index contributed by atoms with van der Waals surface area (Å²) in [5.41, 5.74) is 7.42. The molecule has 1 aliphatic heterocycles. The molecule has 0 saturated heterocycles. The Morgan fingerprint density at radius 1 is 0.946 bits per heavy atom. The van der Waals surface area contributed by atoms with Gasteiger partial charge in [0.2, 0.25) is 11.8 Å². The second kappa shape index (κ2) is 12.8. The zero-order chi connectivity index (χ0) is 26.2. The number of fused-ring (bicyclic) bond motifs is 2. The summed E-state index contributed by atoms with van der Waals surface area (Å²) < 4.78 is 17.6. The molecule has 0 fully saturated rings. The summed E-state index contributed by atoms with van der Waals surface area (Å²) in [4.78, 5) is 27.7. The Morgan fingerprint density at radius 2 is 1.73 bits per heavy atom. The molecule has 0 aromatic heterocycles. The van der Waals surface area contributed by atoms with Gasteiger partial charge in [-0.15, -0.1) is 0 Å². The van der Waals surface area contributed by atoms with E-state index < -0.39 is 11.9 Å². The van der Waals surface area contributed by atoms with Crippen LogP contribution in [-0.4, -0.2) is 55.7 Å². The molecule has 194 valence electrons. The van der Waals surface area contributed by atoms with Gasteiger partial charge in [0.1, 0.15) is 6.61 Å². The van der Waals surface area contributed by atoms with E-state index in [-0.39, 0.29) is 45.2 Å². The van der Waals surface area contributed by atoms with Gasteiger partial charge in [0, 0.05) is 16.6 Å². The topological polar surface area (TPSA) is 103 Å². The zero-order valence-corrected chi connectivity index (χ0v) is 21.5. The number of hydrogen-bond donors (Lipinski definition) is 2. The van der Waals surface area contributed by atoms with Crippen LogP contribution in [0.15, 0.2) is 66.7 Å². The quantitative estimate of drug-likeness (QED) is 0.503. The van der Waals surface area contributed by atoms with Crippen LogP contribution in [0, 0.1) is 0 Å². The van der Waals surface area contributed by atoms with Gasteiger partial charge in [0.15, 0.2) is 17.2 Å². The fourth-order valence-corrected chi connectivity index (χ4v) is 4.20. The lowest BCUT2D eigenvalue weighted by Gasteiger charge is -2.25. The molecule has 1 heterocycles. The Balaban J connectivity index is 1.54. The van der Waals surface area contributed by atoms with E-state index in [1.54, 1.807) is 48.5 Å². The molecular formula is C27H27Cl2N3O5. The van der Waals surface area contributed by atoms with Crippen LogP contribution in [0.1, 0.15) is 5.56 Å². The highest BCUT2D eigenvalue weighted by atomic mass is 35.5. The Bertz CT molecular complexity index is 1260. The minimum Gasteiger partial charge on any atom is -0.487 e. The number of nitrogens with zero attached hydrogens (tertiary/aromatic N) is 1. The highest BCUT2D eigenvalue weighted by Crippen LogP contribution is 2.36. The summed E-state index contributed by atoms with van der Waals surface area (Å²) in [6.45, 7) is 0.693. The lowest BCUT2D eigenvalue weighted by Crippen LogP contribution is -2.48. The van der Waals surface area contributed by atoms with Gasteiger partial charge in [-0.25, -0.2) is 0 Å². The number of hydrogen-bond acceptors (Lipinski definition) is 6. The Morgan fingerprint density at radius 3 is 2.54 bits per heavy atom. The van der Waals surface area contributed by atoms with Gasteiger partial charge in [0.05, 0.1) is 31.5 Å². The fraction of sp³-hybridized carbons (Fsp3) is 0.259. The van der Waals surface area contributed by atoms with Crippen molar-refractivity contribution in [2.24, 2.45) is 5.73 Å². The van der Waals surface area contributed by atoms with Gasteiger partial charge in [-0.3, -0.25) is 9.59 Å².